The van der Waals surface area contributed by atoms with Crippen molar-refractivity contribution in [3.8, 4) is 0 Å². The van der Waals surface area contributed by atoms with Gasteiger partial charge >= 0.3 is 18.0 Å². The third kappa shape index (κ3) is 11.6. The van der Waals surface area contributed by atoms with Crippen LogP contribution in [0.5, 0.6) is 0 Å². The van der Waals surface area contributed by atoms with Crippen LogP contribution in [0, 0.1) is 17.8 Å². The van der Waals surface area contributed by atoms with Crippen LogP contribution in [0.15, 0.2) is 36.0 Å². The predicted octanol–water partition coefficient (Wildman–Crippen LogP) is 4.47. The van der Waals surface area contributed by atoms with Gasteiger partial charge in [-0.25, -0.2) is 4.79 Å². The van der Waals surface area contributed by atoms with Gasteiger partial charge in [-0.15, -0.1) is 0 Å². The van der Waals surface area contributed by atoms with E-state index >= 15 is 0 Å². The molecule has 0 bridgehead atoms. The molecular formula is C38H62N2O10. The minimum atomic E-state index is -1.18. The molecule has 12 nitrogen and oxygen atoms in total. The molecule has 2 saturated heterocycles. The van der Waals surface area contributed by atoms with E-state index in [2.05, 4.69) is 11.8 Å². The standard InChI is InChI=1S/C38H62N2O10/c1-9-18-39-19-20-40(36(45)46)30(23-39)29-14-13-25(4)34(49-33(44)21-28(42)15-17-38(29,8)50-27(6)41)24(3)12-11-16-37(7,47)22-32-35(48-32)26(5)31(43)10-2/h11-14,16,25-26,28-32,34-35,42-43,47H,9-10,15,17-23H2,1-8H3,(H,45,46)/b14-13+,16-11+,24-12+/t25-,26+,28+,29-,30?,31-,32+,34+,35+,37-,38+/m0/s1. The molecule has 50 heavy (non-hydrogen) atoms. The van der Waals surface area contributed by atoms with Gasteiger partial charge in [0, 0.05) is 50.7 Å². The Morgan fingerprint density at radius 2 is 1.92 bits per heavy atom. The number of ether oxygens (including phenoxy) is 3. The zero-order valence-corrected chi connectivity index (χ0v) is 31.3. The normalized spacial score (nSPS) is 34.9. The molecule has 1 amide bonds. The molecule has 0 spiro atoms. The number of hydrogen-bond donors (Lipinski definition) is 4. The van der Waals surface area contributed by atoms with Gasteiger partial charge in [-0.3, -0.25) is 14.5 Å². The minimum absolute atomic E-state index is 0.0251. The summed E-state index contributed by atoms with van der Waals surface area (Å²) < 4.78 is 17.7. The van der Waals surface area contributed by atoms with E-state index in [1.54, 1.807) is 32.1 Å². The van der Waals surface area contributed by atoms with Crippen molar-refractivity contribution in [2.75, 3.05) is 26.2 Å². The van der Waals surface area contributed by atoms with Crippen molar-refractivity contribution in [2.24, 2.45) is 17.8 Å². The highest BCUT2D eigenvalue weighted by Gasteiger charge is 2.48. The summed E-state index contributed by atoms with van der Waals surface area (Å²) in [5.41, 5.74) is -1.65. The highest BCUT2D eigenvalue weighted by atomic mass is 16.6. The second kappa shape index (κ2) is 18.1. The zero-order chi connectivity index (χ0) is 37.4. The van der Waals surface area contributed by atoms with Crippen molar-refractivity contribution in [2.45, 2.75) is 142 Å². The maximum Gasteiger partial charge on any atom is 0.407 e. The molecule has 3 rings (SSSR count). The molecule has 1 unspecified atom stereocenters. The Kier molecular flexibility index (Phi) is 15.1. The summed E-state index contributed by atoms with van der Waals surface area (Å²) in [7, 11) is 0. The number of allylic oxidation sites excluding steroid dienone is 2. The Balaban J connectivity index is 1.93. The van der Waals surface area contributed by atoms with E-state index in [1.165, 1.54) is 11.8 Å². The van der Waals surface area contributed by atoms with Crippen LogP contribution in [0.2, 0.25) is 0 Å². The smallest absolute Gasteiger partial charge is 0.407 e. The van der Waals surface area contributed by atoms with Crippen LogP contribution in [0.3, 0.4) is 0 Å². The van der Waals surface area contributed by atoms with Crippen LogP contribution >= 0.6 is 0 Å². The lowest BCUT2D eigenvalue weighted by Gasteiger charge is -2.48. The van der Waals surface area contributed by atoms with Crippen LogP contribution in [0.1, 0.15) is 93.9 Å². The average Bonchev–Trinajstić information content (AvgIpc) is 3.79. The van der Waals surface area contributed by atoms with Crippen molar-refractivity contribution in [1.82, 2.24) is 9.80 Å². The first kappa shape index (κ1) is 41.6. The number of carbonyl (C=O) groups excluding carboxylic acids is 2. The third-order valence-corrected chi connectivity index (χ3v) is 10.6. The highest BCUT2D eigenvalue weighted by molar-refractivity contribution is 5.70. The number of aliphatic hydroxyl groups excluding tert-OH is 2. The molecule has 12 heteroatoms. The van der Waals surface area contributed by atoms with Gasteiger partial charge in [0.25, 0.3) is 0 Å². The van der Waals surface area contributed by atoms with Crippen LogP contribution in [-0.4, -0.2) is 122 Å². The molecule has 0 saturated carbocycles. The van der Waals surface area contributed by atoms with Gasteiger partial charge in [-0.1, -0.05) is 58.1 Å². The minimum Gasteiger partial charge on any atom is -0.465 e. The Bertz CT molecular complexity index is 1250. The summed E-state index contributed by atoms with van der Waals surface area (Å²) in [6.07, 6.45) is 7.42. The number of amides is 1. The summed E-state index contributed by atoms with van der Waals surface area (Å²) in [6.45, 7) is 16.6. The van der Waals surface area contributed by atoms with Crippen LogP contribution < -0.4 is 0 Å². The van der Waals surface area contributed by atoms with E-state index < -0.39 is 59.5 Å². The SMILES string of the molecule is CCCN1CCN(C(=O)O)C([C@@H]2/C=C/[C@H](C)[C@@H](/C(C)=C/C=C/[C@](C)(O)C[C@H]3O[C@@H]3[C@H](C)[C@@H](O)CC)OC(=O)C[C@H](O)CC[C@@]2(C)OC(C)=O)C1. The number of rotatable bonds is 12. The topological polar surface area (TPSA) is 170 Å². The molecule has 3 aliphatic rings. The van der Waals surface area contributed by atoms with Gasteiger partial charge in [0.05, 0.1) is 42.5 Å². The van der Waals surface area contributed by atoms with E-state index in [9.17, 15) is 34.8 Å². The molecule has 0 radical (unpaired) electrons. The molecule has 0 aromatic heterocycles. The molecule has 0 aromatic rings. The van der Waals surface area contributed by atoms with Crippen LogP contribution in [0.25, 0.3) is 0 Å². The van der Waals surface area contributed by atoms with Crippen LogP contribution in [-0.2, 0) is 23.8 Å². The number of hydrogen-bond acceptors (Lipinski definition) is 10. The third-order valence-electron chi connectivity index (χ3n) is 10.6. The summed E-state index contributed by atoms with van der Waals surface area (Å²) in [6, 6.07) is -0.535. The number of cyclic esters (lactones) is 1. The number of epoxide rings is 1. The van der Waals surface area contributed by atoms with Gasteiger partial charge in [0.2, 0.25) is 0 Å². The summed E-state index contributed by atoms with van der Waals surface area (Å²) >= 11 is 0. The average molecular weight is 707 g/mol. The largest absolute Gasteiger partial charge is 0.465 e. The zero-order valence-electron chi connectivity index (χ0n) is 31.3. The lowest BCUT2D eigenvalue weighted by atomic mass is 9.76. The van der Waals surface area contributed by atoms with Gasteiger partial charge in [0.1, 0.15) is 11.7 Å². The Morgan fingerprint density at radius 1 is 1.22 bits per heavy atom. The predicted molar refractivity (Wildman–Crippen MR) is 189 cm³/mol. The Hall–Kier alpha value is -2.77. The first-order valence-electron chi connectivity index (χ1n) is 18.3. The van der Waals surface area contributed by atoms with E-state index in [-0.39, 0.29) is 43.3 Å². The molecule has 284 valence electrons. The second-order valence-corrected chi connectivity index (χ2v) is 15.1. The van der Waals surface area contributed by atoms with Crippen molar-refractivity contribution in [3.05, 3.63) is 36.0 Å². The fourth-order valence-corrected chi connectivity index (χ4v) is 7.59. The molecular weight excluding hydrogens is 644 g/mol. The maximum absolute atomic E-state index is 13.1. The van der Waals surface area contributed by atoms with Gasteiger partial charge in [-0.05, 0) is 58.6 Å². The highest BCUT2D eigenvalue weighted by Crippen LogP contribution is 2.39. The number of aliphatic hydroxyl groups is 3. The number of piperazine rings is 1. The van der Waals surface area contributed by atoms with Crippen molar-refractivity contribution in [1.29, 1.82) is 0 Å². The van der Waals surface area contributed by atoms with Gasteiger partial charge in [0.15, 0.2) is 0 Å². The molecule has 3 aliphatic heterocycles. The first-order chi connectivity index (χ1) is 23.4. The van der Waals surface area contributed by atoms with Crippen molar-refractivity contribution >= 4 is 18.0 Å². The summed E-state index contributed by atoms with van der Waals surface area (Å²) in [5.74, 6) is -2.06. The lowest BCUT2D eigenvalue weighted by Crippen LogP contribution is -2.61. The van der Waals surface area contributed by atoms with Gasteiger partial charge in [-0.2, -0.15) is 0 Å². The van der Waals surface area contributed by atoms with E-state index in [0.29, 0.717) is 38.0 Å². The summed E-state index contributed by atoms with van der Waals surface area (Å²) in [4.78, 5) is 41.7. The van der Waals surface area contributed by atoms with Crippen LogP contribution in [0.4, 0.5) is 4.79 Å². The second-order valence-electron chi connectivity index (χ2n) is 15.1. The molecule has 0 aromatic carbocycles. The van der Waals surface area contributed by atoms with E-state index in [1.807, 2.05) is 39.8 Å². The number of carboxylic acid groups (broad SMARTS) is 1. The fourth-order valence-electron chi connectivity index (χ4n) is 7.59. The Labute approximate surface area is 298 Å². The molecule has 0 aliphatic carbocycles. The quantitative estimate of drug-likeness (QED) is 0.0978. The fraction of sp³-hybridized carbons (Fsp3) is 0.763. The Morgan fingerprint density at radius 3 is 2.54 bits per heavy atom. The molecule has 11 atom stereocenters. The number of carbonyl (C=O) groups is 3. The molecule has 4 N–H and O–H groups in total. The monoisotopic (exact) mass is 706 g/mol. The lowest BCUT2D eigenvalue weighted by molar-refractivity contribution is -0.165. The van der Waals surface area contributed by atoms with E-state index in [0.717, 1.165) is 13.0 Å². The van der Waals surface area contributed by atoms with E-state index in [4.69, 9.17) is 14.2 Å². The first-order valence-corrected chi connectivity index (χ1v) is 18.3. The van der Waals surface area contributed by atoms with Crippen molar-refractivity contribution < 1.29 is 49.0 Å². The summed E-state index contributed by atoms with van der Waals surface area (Å²) in [5, 5.41) is 42.4. The number of esters is 2. The molecule has 2 fully saturated rings. The van der Waals surface area contributed by atoms with Gasteiger partial charge < -0.3 is 39.5 Å². The number of nitrogens with zero attached hydrogens (tertiary/aromatic N) is 2. The van der Waals surface area contributed by atoms with Crippen molar-refractivity contribution in [3.63, 3.8) is 0 Å². The molecule has 3 heterocycles. The maximum atomic E-state index is 13.1.